The molecule has 0 saturated heterocycles. The van der Waals surface area contributed by atoms with Crippen LogP contribution >= 0.6 is 0 Å². The average molecular weight is 242 g/mol. The van der Waals surface area contributed by atoms with E-state index in [-0.39, 0.29) is 11.1 Å². The summed E-state index contributed by atoms with van der Waals surface area (Å²) in [5.41, 5.74) is 0. The van der Waals surface area contributed by atoms with Gasteiger partial charge in [-0.1, -0.05) is 17.4 Å². The van der Waals surface area contributed by atoms with Crippen molar-refractivity contribution in [1.29, 1.82) is 0 Å². The number of nitrogens with zero attached hydrogens (tertiary/aromatic N) is 3. The smallest absolute Gasteiger partial charge is 0.236 e. The van der Waals surface area contributed by atoms with Crippen LogP contribution in [0.5, 0.6) is 0 Å². The van der Waals surface area contributed by atoms with E-state index in [0.29, 0.717) is 0 Å². The zero-order valence-electron chi connectivity index (χ0n) is 9.00. The van der Waals surface area contributed by atoms with Crippen molar-refractivity contribution in [3.8, 4) is 0 Å². The minimum atomic E-state index is -3.49. The Kier molecular flexibility index (Phi) is 3.06. The summed E-state index contributed by atoms with van der Waals surface area (Å²) in [4.78, 5) is 0. The number of hydrogen-bond acceptors (Lipinski definition) is 4. The van der Waals surface area contributed by atoms with Gasteiger partial charge in [0.05, 0.1) is 6.20 Å². The normalized spacial score (nSPS) is 21.2. The van der Waals surface area contributed by atoms with Crippen LogP contribution in [-0.4, -0.2) is 29.5 Å². The van der Waals surface area contributed by atoms with Gasteiger partial charge in [-0.3, -0.25) is 0 Å². The molecule has 0 bridgehead atoms. The van der Waals surface area contributed by atoms with Crippen LogP contribution in [0.25, 0.3) is 0 Å². The van der Waals surface area contributed by atoms with Crippen LogP contribution in [0.1, 0.15) is 19.3 Å². The molecular weight excluding hydrogens is 228 g/mol. The van der Waals surface area contributed by atoms with E-state index in [0.717, 1.165) is 19.3 Å². The van der Waals surface area contributed by atoms with Gasteiger partial charge in [-0.25, -0.2) is 17.8 Å². The first-order valence-corrected chi connectivity index (χ1v) is 6.60. The lowest BCUT2D eigenvalue weighted by Crippen LogP contribution is -2.36. The topological polar surface area (TPSA) is 76.9 Å². The largest absolute Gasteiger partial charge is 0.259 e. The maximum atomic E-state index is 11.9. The SMILES string of the molecule is Cn1nncc1S(=O)(=O)NC1CC=CCC1. The fourth-order valence-corrected chi connectivity index (χ4v) is 3.05. The molecule has 0 fully saturated rings. The first kappa shape index (κ1) is 11.3. The monoisotopic (exact) mass is 242 g/mol. The summed E-state index contributed by atoms with van der Waals surface area (Å²) >= 11 is 0. The Bertz CT molecular complexity index is 491. The molecule has 1 aliphatic carbocycles. The molecule has 1 heterocycles. The van der Waals surface area contributed by atoms with Crippen molar-refractivity contribution in [2.45, 2.75) is 30.3 Å². The molecule has 88 valence electrons. The van der Waals surface area contributed by atoms with Gasteiger partial charge in [-0.2, -0.15) is 0 Å². The lowest BCUT2D eigenvalue weighted by atomic mass is 10.0. The second kappa shape index (κ2) is 4.34. The highest BCUT2D eigenvalue weighted by atomic mass is 32.2. The molecule has 6 nitrogen and oxygen atoms in total. The number of nitrogens with one attached hydrogen (secondary N) is 1. The van der Waals surface area contributed by atoms with Crippen molar-refractivity contribution in [3.05, 3.63) is 18.3 Å². The summed E-state index contributed by atoms with van der Waals surface area (Å²) in [6, 6.07) is -0.0232. The molecule has 0 radical (unpaired) electrons. The van der Waals surface area contributed by atoms with Crippen molar-refractivity contribution in [1.82, 2.24) is 19.7 Å². The summed E-state index contributed by atoms with van der Waals surface area (Å²) < 4.78 is 27.8. The molecule has 0 aliphatic heterocycles. The summed E-state index contributed by atoms with van der Waals surface area (Å²) in [6.45, 7) is 0. The van der Waals surface area contributed by atoms with Crippen LogP contribution in [0, 0.1) is 0 Å². The molecule has 1 aromatic rings. The van der Waals surface area contributed by atoms with Crippen molar-refractivity contribution in [2.75, 3.05) is 0 Å². The minimum absolute atomic E-state index is 0.0232. The van der Waals surface area contributed by atoms with Gasteiger partial charge < -0.3 is 0 Å². The number of sulfonamides is 1. The number of aryl methyl sites for hydroxylation is 1. The Morgan fingerprint density at radius 1 is 1.50 bits per heavy atom. The Morgan fingerprint density at radius 3 is 2.88 bits per heavy atom. The molecule has 1 unspecified atom stereocenters. The van der Waals surface area contributed by atoms with Crippen molar-refractivity contribution >= 4 is 10.0 Å². The molecule has 1 N–H and O–H groups in total. The van der Waals surface area contributed by atoms with Crippen LogP contribution in [0.15, 0.2) is 23.4 Å². The van der Waals surface area contributed by atoms with Crippen molar-refractivity contribution < 1.29 is 8.42 Å². The van der Waals surface area contributed by atoms with Crippen LogP contribution in [0.4, 0.5) is 0 Å². The standard InChI is InChI=1S/C9H14N4O2S/c1-13-9(7-10-12-13)16(14,15)11-8-5-3-2-4-6-8/h2-3,7-8,11H,4-6H2,1H3. The average Bonchev–Trinajstić information content (AvgIpc) is 2.66. The number of rotatable bonds is 3. The zero-order valence-corrected chi connectivity index (χ0v) is 9.81. The zero-order chi connectivity index (χ0) is 11.6. The summed E-state index contributed by atoms with van der Waals surface area (Å²) in [7, 11) is -1.94. The molecular formula is C9H14N4O2S. The van der Waals surface area contributed by atoms with Gasteiger partial charge in [0.15, 0.2) is 5.03 Å². The maximum Gasteiger partial charge on any atom is 0.259 e. The molecule has 0 aromatic carbocycles. The molecule has 16 heavy (non-hydrogen) atoms. The Balaban J connectivity index is 2.14. The second-order valence-electron chi connectivity index (χ2n) is 3.80. The van der Waals surface area contributed by atoms with Gasteiger partial charge in [0.25, 0.3) is 10.0 Å². The van der Waals surface area contributed by atoms with E-state index in [1.54, 1.807) is 7.05 Å². The lowest BCUT2D eigenvalue weighted by molar-refractivity contribution is 0.513. The molecule has 0 spiro atoms. The number of allylic oxidation sites excluding steroid dienone is 1. The predicted octanol–water partition coefficient (Wildman–Crippen LogP) is 0.202. The van der Waals surface area contributed by atoms with Crippen molar-refractivity contribution in [2.24, 2.45) is 7.05 Å². The second-order valence-corrected chi connectivity index (χ2v) is 5.46. The quantitative estimate of drug-likeness (QED) is 0.768. The third-order valence-electron chi connectivity index (χ3n) is 2.54. The minimum Gasteiger partial charge on any atom is -0.236 e. The van der Waals surface area contributed by atoms with E-state index >= 15 is 0 Å². The van der Waals surface area contributed by atoms with Crippen LogP contribution in [0.3, 0.4) is 0 Å². The Hall–Kier alpha value is -1.21. The lowest BCUT2D eigenvalue weighted by Gasteiger charge is -2.18. The van der Waals surface area contributed by atoms with Gasteiger partial charge in [0.2, 0.25) is 0 Å². The summed E-state index contributed by atoms with van der Waals surface area (Å²) in [5.74, 6) is 0. The molecule has 0 saturated carbocycles. The van der Waals surface area contributed by atoms with E-state index in [4.69, 9.17) is 0 Å². The van der Waals surface area contributed by atoms with E-state index in [2.05, 4.69) is 21.1 Å². The fourth-order valence-electron chi connectivity index (χ4n) is 1.70. The first-order chi connectivity index (χ1) is 7.59. The summed E-state index contributed by atoms with van der Waals surface area (Å²) in [5, 5.41) is 7.27. The van der Waals surface area contributed by atoms with Crippen LogP contribution in [-0.2, 0) is 17.1 Å². The van der Waals surface area contributed by atoms with Crippen molar-refractivity contribution in [3.63, 3.8) is 0 Å². The van der Waals surface area contributed by atoms with Gasteiger partial charge in [-0.15, -0.1) is 5.10 Å². The van der Waals surface area contributed by atoms with E-state index in [1.165, 1.54) is 10.9 Å². The highest BCUT2D eigenvalue weighted by molar-refractivity contribution is 7.89. The summed E-state index contributed by atoms with van der Waals surface area (Å²) in [6.07, 6.45) is 7.80. The maximum absolute atomic E-state index is 11.9. The molecule has 2 rings (SSSR count). The van der Waals surface area contributed by atoms with Crippen LogP contribution in [0.2, 0.25) is 0 Å². The third kappa shape index (κ3) is 2.30. The Labute approximate surface area is 94.4 Å². The van der Waals surface area contributed by atoms with E-state index < -0.39 is 10.0 Å². The molecule has 7 heteroatoms. The molecule has 1 atom stereocenters. The van der Waals surface area contributed by atoms with E-state index in [1.807, 2.05) is 6.08 Å². The highest BCUT2D eigenvalue weighted by Gasteiger charge is 2.23. The van der Waals surface area contributed by atoms with Gasteiger partial charge >= 0.3 is 0 Å². The predicted molar refractivity (Wildman–Crippen MR) is 58.1 cm³/mol. The first-order valence-electron chi connectivity index (χ1n) is 5.11. The molecule has 1 aliphatic rings. The number of hydrogen-bond donors (Lipinski definition) is 1. The molecule has 1 aromatic heterocycles. The van der Waals surface area contributed by atoms with Gasteiger partial charge in [-0.05, 0) is 19.3 Å². The van der Waals surface area contributed by atoms with E-state index in [9.17, 15) is 8.42 Å². The highest BCUT2D eigenvalue weighted by Crippen LogP contribution is 2.14. The van der Waals surface area contributed by atoms with Gasteiger partial charge in [0, 0.05) is 13.1 Å². The Morgan fingerprint density at radius 2 is 2.31 bits per heavy atom. The van der Waals surface area contributed by atoms with Gasteiger partial charge in [0.1, 0.15) is 0 Å². The fraction of sp³-hybridized carbons (Fsp3) is 0.556. The molecule has 0 amide bonds. The third-order valence-corrected chi connectivity index (χ3v) is 4.10. The van der Waals surface area contributed by atoms with Crippen LogP contribution < -0.4 is 4.72 Å². The number of aromatic nitrogens is 3.